The van der Waals surface area contributed by atoms with Crippen LogP contribution in [0.2, 0.25) is 0 Å². The van der Waals surface area contributed by atoms with Gasteiger partial charge in [-0.05, 0) is 29.2 Å². The third-order valence-electron chi connectivity index (χ3n) is 2.46. The van der Waals surface area contributed by atoms with Crippen molar-refractivity contribution < 1.29 is 14.5 Å². The number of hydrogen-bond acceptors (Lipinski definition) is 4. The zero-order valence-corrected chi connectivity index (χ0v) is 9.57. The van der Waals surface area contributed by atoms with Crippen molar-refractivity contribution in [1.82, 2.24) is 4.57 Å². The molecule has 1 aromatic heterocycles. The lowest BCUT2D eigenvalue weighted by atomic mass is 10.2. The molecule has 0 aliphatic rings. The first kappa shape index (κ1) is 11.8. The van der Waals surface area contributed by atoms with Gasteiger partial charge in [0.15, 0.2) is 0 Å². The SMILES string of the molecule is COC(=O)c1cccc(-n2cccc2[N+](=O)[O-])c1. The number of nitro groups is 1. The van der Waals surface area contributed by atoms with Crippen LogP contribution < -0.4 is 0 Å². The van der Waals surface area contributed by atoms with E-state index in [-0.39, 0.29) is 5.82 Å². The van der Waals surface area contributed by atoms with Gasteiger partial charge in [-0.15, -0.1) is 0 Å². The summed E-state index contributed by atoms with van der Waals surface area (Å²) < 4.78 is 6.00. The van der Waals surface area contributed by atoms with E-state index in [9.17, 15) is 14.9 Å². The molecule has 0 aliphatic heterocycles. The standard InChI is InChI=1S/C12H10N2O4/c1-18-12(15)9-4-2-5-10(8-9)13-7-3-6-11(13)14(16)17/h2-8H,1H3. The van der Waals surface area contributed by atoms with Crippen LogP contribution in [0.15, 0.2) is 42.6 Å². The van der Waals surface area contributed by atoms with E-state index in [2.05, 4.69) is 4.74 Å². The number of esters is 1. The van der Waals surface area contributed by atoms with Crippen LogP contribution in [0.3, 0.4) is 0 Å². The Kier molecular flexibility index (Phi) is 3.09. The predicted molar refractivity (Wildman–Crippen MR) is 63.8 cm³/mol. The minimum atomic E-state index is -0.481. The maximum absolute atomic E-state index is 11.4. The molecule has 0 atom stereocenters. The minimum absolute atomic E-state index is 0.0583. The Morgan fingerprint density at radius 3 is 2.78 bits per heavy atom. The molecule has 0 spiro atoms. The Bertz CT molecular complexity index is 604. The Labute approximate surface area is 103 Å². The summed E-state index contributed by atoms with van der Waals surface area (Å²) in [7, 11) is 1.28. The summed E-state index contributed by atoms with van der Waals surface area (Å²) in [6.45, 7) is 0. The lowest BCUT2D eigenvalue weighted by molar-refractivity contribution is -0.390. The van der Waals surface area contributed by atoms with Crippen molar-refractivity contribution in [3.8, 4) is 5.69 Å². The van der Waals surface area contributed by atoms with Crippen LogP contribution >= 0.6 is 0 Å². The minimum Gasteiger partial charge on any atom is -0.465 e. The highest BCUT2D eigenvalue weighted by atomic mass is 16.6. The number of benzene rings is 1. The monoisotopic (exact) mass is 246 g/mol. The molecule has 1 heterocycles. The molecule has 0 saturated heterocycles. The number of nitrogens with zero attached hydrogens (tertiary/aromatic N) is 2. The largest absolute Gasteiger partial charge is 0.465 e. The number of aromatic nitrogens is 1. The van der Waals surface area contributed by atoms with Gasteiger partial charge in [0.25, 0.3) is 0 Å². The summed E-state index contributed by atoms with van der Waals surface area (Å²) in [6, 6.07) is 9.42. The van der Waals surface area contributed by atoms with E-state index in [0.29, 0.717) is 11.3 Å². The molecular formula is C12H10N2O4. The second kappa shape index (κ2) is 4.70. The van der Waals surface area contributed by atoms with Crippen LogP contribution in [0.5, 0.6) is 0 Å². The van der Waals surface area contributed by atoms with Crippen molar-refractivity contribution in [3.63, 3.8) is 0 Å². The van der Waals surface area contributed by atoms with Gasteiger partial charge in [-0.1, -0.05) is 6.07 Å². The first-order chi connectivity index (χ1) is 8.63. The second-order valence-corrected chi connectivity index (χ2v) is 3.54. The van der Waals surface area contributed by atoms with Gasteiger partial charge in [0.1, 0.15) is 5.69 Å². The molecule has 0 N–H and O–H groups in total. The van der Waals surface area contributed by atoms with E-state index >= 15 is 0 Å². The van der Waals surface area contributed by atoms with Crippen molar-refractivity contribution in [3.05, 3.63) is 58.3 Å². The lowest BCUT2D eigenvalue weighted by Crippen LogP contribution is -2.04. The normalized spacial score (nSPS) is 10.1. The molecule has 0 aliphatic carbocycles. The van der Waals surface area contributed by atoms with Crippen molar-refractivity contribution in [1.29, 1.82) is 0 Å². The van der Waals surface area contributed by atoms with Gasteiger partial charge in [-0.25, -0.2) is 4.79 Å². The Morgan fingerprint density at radius 1 is 1.33 bits per heavy atom. The lowest BCUT2D eigenvalue weighted by Gasteiger charge is -2.03. The molecule has 6 nitrogen and oxygen atoms in total. The first-order valence-corrected chi connectivity index (χ1v) is 5.14. The maximum atomic E-state index is 11.4. The molecule has 0 amide bonds. The number of methoxy groups -OCH3 is 1. The molecule has 92 valence electrons. The summed E-state index contributed by atoms with van der Waals surface area (Å²) in [5.74, 6) is -0.538. The highest BCUT2D eigenvalue weighted by Crippen LogP contribution is 2.20. The average molecular weight is 246 g/mol. The van der Waals surface area contributed by atoms with E-state index in [1.807, 2.05) is 0 Å². The number of ether oxygens (including phenoxy) is 1. The van der Waals surface area contributed by atoms with Crippen molar-refractivity contribution in [2.75, 3.05) is 7.11 Å². The smallest absolute Gasteiger partial charge is 0.338 e. The van der Waals surface area contributed by atoms with Crippen LogP contribution in [0.25, 0.3) is 5.69 Å². The van der Waals surface area contributed by atoms with Gasteiger partial charge in [0.05, 0.1) is 18.9 Å². The molecular weight excluding hydrogens is 236 g/mol. The topological polar surface area (TPSA) is 74.4 Å². The summed E-state index contributed by atoms with van der Waals surface area (Å²) in [5.41, 5.74) is 0.882. The molecule has 18 heavy (non-hydrogen) atoms. The van der Waals surface area contributed by atoms with Crippen LogP contribution in [0.4, 0.5) is 5.82 Å². The second-order valence-electron chi connectivity index (χ2n) is 3.54. The van der Waals surface area contributed by atoms with Gasteiger partial charge >= 0.3 is 11.8 Å². The predicted octanol–water partition coefficient (Wildman–Crippen LogP) is 2.17. The van der Waals surface area contributed by atoms with Crippen molar-refractivity contribution in [2.24, 2.45) is 0 Å². The molecule has 0 radical (unpaired) electrons. The Morgan fingerprint density at radius 2 is 2.11 bits per heavy atom. The number of carbonyl (C=O) groups excluding carboxylic acids is 1. The summed E-state index contributed by atoms with van der Waals surface area (Å²) in [4.78, 5) is 21.7. The zero-order chi connectivity index (χ0) is 13.1. The number of hydrogen-bond donors (Lipinski definition) is 0. The van der Waals surface area contributed by atoms with E-state index in [4.69, 9.17) is 0 Å². The van der Waals surface area contributed by atoms with Crippen LogP contribution in [-0.4, -0.2) is 22.6 Å². The van der Waals surface area contributed by atoms with E-state index in [1.54, 1.807) is 36.5 Å². The molecule has 0 fully saturated rings. The Hall–Kier alpha value is -2.63. The fraction of sp³-hybridized carbons (Fsp3) is 0.0833. The molecule has 0 saturated carbocycles. The van der Waals surface area contributed by atoms with Gasteiger partial charge in [-0.2, -0.15) is 4.57 Å². The highest BCUT2D eigenvalue weighted by molar-refractivity contribution is 5.89. The highest BCUT2D eigenvalue weighted by Gasteiger charge is 2.15. The van der Waals surface area contributed by atoms with Gasteiger partial charge in [-0.3, -0.25) is 0 Å². The van der Waals surface area contributed by atoms with Crippen LogP contribution in [-0.2, 0) is 4.74 Å². The number of carbonyl (C=O) groups is 1. The fourth-order valence-electron chi connectivity index (χ4n) is 1.64. The van der Waals surface area contributed by atoms with Crippen molar-refractivity contribution >= 4 is 11.8 Å². The first-order valence-electron chi connectivity index (χ1n) is 5.14. The fourth-order valence-corrected chi connectivity index (χ4v) is 1.64. The van der Waals surface area contributed by atoms with E-state index < -0.39 is 10.9 Å². The molecule has 6 heteroatoms. The number of rotatable bonds is 3. The summed E-state index contributed by atoms with van der Waals surface area (Å²) >= 11 is 0. The molecule has 1 aromatic carbocycles. The van der Waals surface area contributed by atoms with Gasteiger partial charge in [0.2, 0.25) is 0 Å². The molecule has 0 unspecified atom stereocenters. The van der Waals surface area contributed by atoms with E-state index in [1.165, 1.54) is 17.7 Å². The van der Waals surface area contributed by atoms with Gasteiger partial charge in [0, 0.05) is 6.07 Å². The maximum Gasteiger partial charge on any atom is 0.338 e. The third-order valence-corrected chi connectivity index (χ3v) is 2.46. The van der Waals surface area contributed by atoms with Crippen molar-refractivity contribution in [2.45, 2.75) is 0 Å². The van der Waals surface area contributed by atoms with Crippen LogP contribution in [0.1, 0.15) is 10.4 Å². The Balaban J connectivity index is 2.48. The molecule has 2 aromatic rings. The zero-order valence-electron chi connectivity index (χ0n) is 9.57. The molecule has 2 rings (SSSR count). The summed E-state index contributed by atoms with van der Waals surface area (Å²) in [5, 5.41) is 10.8. The van der Waals surface area contributed by atoms with E-state index in [0.717, 1.165) is 0 Å². The summed E-state index contributed by atoms with van der Waals surface area (Å²) in [6.07, 6.45) is 1.56. The van der Waals surface area contributed by atoms with Crippen LogP contribution in [0, 0.1) is 10.1 Å². The molecule has 0 bridgehead atoms. The van der Waals surface area contributed by atoms with Gasteiger partial charge < -0.3 is 14.9 Å². The third kappa shape index (κ3) is 2.08. The average Bonchev–Trinajstić information content (AvgIpc) is 2.87. The quantitative estimate of drug-likeness (QED) is 0.472.